The molecule has 0 aliphatic rings. The summed E-state index contributed by atoms with van der Waals surface area (Å²) in [4.78, 5) is 37.7. The number of carbonyl (C=O) groups is 1. The summed E-state index contributed by atoms with van der Waals surface area (Å²) in [5, 5.41) is 3.32. The lowest BCUT2D eigenvalue weighted by atomic mass is 9.96. The molecule has 29 heavy (non-hydrogen) atoms. The zero-order valence-electron chi connectivity index (χ0n) is 16.6. The van der Waals surface area contributed by atoms with Crippen LogP contribution >= 0.6 is 0 Å². The molecule has 0 radical (unpaired) electrons. The number of aromatic nitrogens is 2. The predicted octanol–water partition coefficient (Wildman–Crippen LogP) is 1.62. The summed E-state index contributed by atoms with van der Waals surface area (Å²) in [6.45, 7) is 1.69. The molecule has 0 fully saturated rings. The van der Waals surface area contributed by atoms with Crippen LogP contribution in [0.5, 0.6) is 0 Å². The number of hydrogen-bond donors (Lipinski definition) is 2. The average Bonchev–Trinajstić information content (AvgIpc) is 2.75. The number of anilines is 1. The van der Waals surface area contributed by atoms with Crippen molar-refractivity contribution in [3.63, 3.8) is 0 Å². The van der Waals surface area contributed by atoms with Crippen LogP contribution < -0.4 is 22.3 Å². The van der Waals surface area contributed by atoms with Crippen molar-refractivity contribution in [1.82, 2.24) is 14.5 Å². The summed E-state index contributed by atoms with van der Waals surface area (Å²) < 4.78 is 2.00. The molecule has 1 heterocycles. The Balaban J connectivity index is 2.00. The number of nitrogens with one attached hydrogen (secondary N) is 1. The van der Waals surface area contributed by atoms with E-state index in [2.05, 4.69) is 5.32 Å². The maximum absolute atomic E-state index is 13.1. The molecule has 0 bridgehead atoms. The van der Waals surface area contributed by atoms with Crippen molar-refractivity contribution in [2.75, 3.05) is 5.73 Å². The van der Waals surface area contributed by atoms with E-state index in [1.807, 2.05) is 60.7 Å². The molecular formula is C22H24N4O3. The van der Waals surface area contributed by atoms with Gasteiger partial charge in [-0.05, 0) is 18.1 Å². The number of hydrogen-bond acceptors (Lipinski definition) is 5. The zero-order chi connectivity index (χ0) is 21.1. The quantitative estimate of drug-likeness (QED) is 0.621. The Morgan fingerprint density at radius 2 is 1.38 bits per heavy atom. The van der Waals surface area contributed by atoms with Crippen molar-refractivity contribution in [2.45, 2.75) is 19.0 Å². The van der Waals surface area contributed by atoms with Crippen LogP contribution in [0.25, 0.3) is 0 Å². The van der Waals surface area contributed by atoms with E-state index < -0.39 is 23.1 Å². The molecule has 0 amide bonds. The second-order valence-electron chi connectivity index (χ2n) is 6.97. The van der Waals surface area contributed by atoms with E-state index >= 15 is 0 Å². The highest BCUT2D eigenvalue weighted by molar-refractivity contribution is 6.03. The van der Waals surface area contributed by atoms with Gasteiger partial charge in [0.2, 0.25) is 0 Å². The highest BCUT2D eigenvalue weighted by Gasteiger charge is 2.27. The third-order valence-corrected chi connectivity index (χ3v) is 5.03. The first-order chi connectivity index (χ1) is 13.8. The van der Waals surface area contributed by atoms with Gasteiger partial charge in [-0.2, -0.15) is 0 Å². The lowest BCUT2D eigenvalue weighted by molar-refractivity contribution is 0.0945. The van der Waals surface area contributed by atoms with Crippen LogP contribution in [0, 0.1) is 0 Å². The molecule has 1 unspecified atom stereocenters. The fourth-order valence-electron chi connectivity index (χ4n) is 3.31. The van der Waals surface area contributed by atoms with Gasteiger partial charge in [0.05, 0.1) is 12.1 Å². The molecular weight excluding hydrogens is 368 g/mol. The fourth-order valence-corrected chi connectivity index (χ4v) is 3.31. The second-order valence-corrected chi connectivity index (χ2v) is 6.97. The van der Waals surface area contributed by atoms with Gasteiger partial charge in [-0.15, -0.1) is 0 Å². The Morgan fingerprint density at radius 1 is 0.897 bits per heavy atom. The Kier molecular flexibility index (Phi) is 5.79. The first-order valence-corrected chi connectivity index (χ1v) is 9.28. The molecule has 0 aliphatic heterocycles. The summed E-state index contributed by atoms with van der Waals surface area (Å²) >= 11 is 0. The number of nitrogens with two attached hydrogens (primary N) is 1. The maximum atomic E-state index is 13.1. The number of ketones is 1. The molecule has 3 aromatic rings. The largest absolute Gasteiger partial charge is 0.384 e. The SMILES string of the molecule is CC(NC(c1ccccc1)c1ccccc1)C(=O)c1c(N)n(C)c(=O)n(C)c1=O. The van der Waals surface area contributed by atoms with Gasteiger partial charge in [0.25, 0.3) is 5.56 Å². The third-order valence-electron chi connectivity index (χ3n) is 5.03. The van der Waals surface area contributed by atoms with Crippen LogP contribution in [0.4, 0.5) is 5.82 Å². The summed E-state index contributed by atoms with van der Waals surface area (Å²) in [6, 6.07) is 18.5. The number of rotatable bonds is 6. The van der Waals surface area contributed by atoms with E-state index in [9.17, 15) is 14.4 Å². The van der Waals surface area contributed by atoms with Gasteiger partial charge in [0, 0.05) is 14.1 Å². The molecule has 1 atom stereocenters. The summed E-state index contributed by atoms with van der Waals surface area (Å²) in [5.74, 6) is -0.594. The van der Waals surface area contributed by atoms with E-state index in [1.165, 1.54) is 14.1 Å². The number of Topliss-reactive ketones (excluding diaryl/α,β-unsaturated/α-hetero) is 1. The van der Waals surface area contributed by atoms with Gasteiger partial charge in [-0.1, -0.05) is 60.7 Å². The van der Waals surface area contributed by atoms with Crippen molar-refractivity contribution < 1.29 is 4.79 Å². The molecule has 7 nitrogen and oxygen atoms in total. The summed E-state index contributed by atoms with van der Waals surface area (Å²) in [5.41, 5.74) is 6.46. The molecule has 2 aromatic carbocycles. The van der Waals surface area contributed by atoms with Crippen LogP contribution in [-0.4, -0.2) is 21.0 Å². The number of nitrogen functional groups attached to an aromatic ring is 1. The Bertz CT molecular complexity index is 1090. The van der Waals surface area contributed by atoms with Crippen LogP contribution in [0.1, 0.15) is 34.5 Å². The molecule has 1 aromatic heterocycles. The van der Waals surface area contributed by atoms with E-state index in [0.717, 1.165) is 20.3 Å². The van der Waals surface area contributed by atoms with Crippen LogP contribution in [0.15, 0.2) is 70.3 Å². The van der Waals surface area contributed by atoms with Gasteiger partial charge in [0.1, 0.15) is 11.4 Å². The van der Waals surface area contributed by atoms with Gasteiger partial charge < -0.3 is 5.73 Å². The van der Waals surface area contributed by atoms with Crippen molar-refractivity contribution in [1.29, 1.82) is 0 Å². The Morgan fingerprint density at radius 3 is 1.86 bits per heavy atom. The first-order valence-electron chi connectivity index (χ1n) is 9.28. The number of nitrogens with zero attached hydrogens (tertiary/aromatic N) is 2. The maximum Gasteiger partial charge on any atom is 0.332 e. The molecule has 0 spiro atoms. The van der Waals surface area contributed by atoms with Crippen molar-refractivity contribution >= 4 is 11.6 Å². The molecule has 0 saturated heterocycles. The molecule has 0 aliphatic carbocycles. The Labute approximate surface area is 168 Å². The van der Waals surface area contributed by atoms with Crippen molar-refractivity contribution in [2.24, 2.45) is 14.1 Å². The summed E-state index contributed by atoms with van der Waals surface area (Å²) in [7, 11) is 2.76. The molecule has 150 valence electrons. The molecule has 3 rings (SSSR count). The van der Waals surface area contributed by atoms with Crippen LogP contribution in [0.3, 0.4) is 0 Å². The van der Waals surface area contributed by atoms with E-state index in [-0.39, 0.29) is 17.4 Å². The van der Waals surface area contributed by atoms with Crippen molar-refractivity contribution in [3.8, 4) is 0 Å². The topological polar surface area (TPSA) is 99.1 Å². The van der Waals surface area contributed by atoms with Gasteiger partial charge in [-0.3, -0.25) is 24.0 Å². The van der Waals surface area contributed by atoms with Gasteiger partial charge >= 0.3 is 5.69 Å². The van der Waals surface area contributed by atoms with E-state index in [4.69, 9.17) is 5.73 Å². The minimum atomic E-state index is -0.715. The molecule has 7 heteroatoms. The molecule has 3 N–H and O–H groups in total. The minimum absolute atomic E-state index is 0.132. The predicted molar refractivity (Wildman–Crippen MR) is 113 cm³/mol. The normalized spacial score (nSPS) is 12.1. The van der Waals surface area contributed by atoms with E-state index in [0.29, 0.717) is 0 Å². The lowest BCUT2D eigenvalue weighted by Crippen LogP contribution is -2.45. The van der Waals surface area contributed by atoms with Crippen molar-refractivity contribution in [3.05, 3.63) is 98.2 Å². The van der Waals surface area contributed by atoms with Crippen LogP contribution in [-0.2, 0) is 14.1 Å². The average molecular weight is 392 g/mol. The number of carbonyl (C=O) groups excluding carboxylic acids is 1. The van der Waals surface area contributed by atoms with Crippen LogP contribution in [0.2, 0.25) is 0 Å². The van der Waals surface area contributed by atoms with Gasteiger partial charge in [-0.25, -0.2) is 4.79 Å². The first kappa shape index (κ1) is 20.3. The standard InChI is InChI=1S/C22H24N4O3/c1-14(19(27)17-20(23)25(2)22(29)26(3)21(17)28)24-18(15-10-6-4-7-11-15)16-12-8-5-9-13-16/h4-14,18,24H,23H2,1-3H3. The molecule has 0 saturated carbocycles. The fraction of sp³-hybridized carbons (Fsp3) is 0.227. The smallest absolute Gasteiger partial charge is 0.332 e. The second kappa shape index (κ2) is 8.28. The lowest BCUT2D eigenvalue weighted by Gasteiger charge is -2.24. The summed E-state index contributed by atoms with van der Waals surface area (Å²) in [6.07, 6.45) is 0. The number of benzene rings is 2. The van der Waals surface area contributed by atoms with Gasteiger partial charge in [0.15, 0.2) is 5.78 Å². The highest BCUT2D eigenvalue weighted by Crippen LogP contribution is 2.23. The monoisotopic (exact) mass is 392 g/mol. The zero-order valence-corrected chi connectivity index (χ0v) is 16.6. The Hall–Kier alpha value is -3.45. The minimum Gasteiger partial charge on any atom is -0.384 e. The highest BCUT2D eigenvalue weighted by atomic mass is 16.2. The third kappa shape index (κ3) is 3.90. The van der Waals surface area contributed by atoms with E-state index in [1.54, 1.807) is 6.92 Å².